The Morgan fingerprint density at radius 3 is 3.05 bits per heavy atom. The van der Waals surface area contributed by atoms with Crippen LogP contribution in [0.25, 0.3) is 0 Å². The van der Waals surface area contributed by atoms with Crippen molar-refractivity contribution in [1.29, 1.82) is 0 Å². The summed E-state index contributed by atoms with van der Waals surface area (Å²) in [4.78, 5) is 18.3. The second kappa shape index (κ2) is 5.36. The number of aromatic nitrogens is 3. The van der Waals surface area contributed by atoms with Gasteiger partial charge in [0.15, 0.2) is 0 Å². The highest BCUT2D eigenvalue weighted by Gasteiger charge is 2.26. The first-order valence-electron chi connectivity index (χ1n) is 6.56. The van der Waals surface area contributed by atoms with Crippen molar-refractivity contribution in [3.8, 4) is 0 Å². The van der Waals surface area contributed by atoms with Gasteiger partial charge in [0.2, 0.25) is 5.91 Å². The number of benzene rings is 1. The van der Waals surface area contributed by atoms with Crippen molar-refractivity contribution in [3.05, 3.63) is 46.5 Å². The molecule has 1 aromatic heterocycles. The smallest absolute Gasteiger partial charge is 0.247 e. The van der Waals surface area contributed by atoms with Gasteiger partial charge in [-0.15, -0.1) is 0 Å². The third-order valence-corrected chi connectivity index (χ3v) is 4.45. The summed E-state index contributed by atoms with van der Waals surface area (Å²) in [5.41, 5.74) is 2.52. The summed E-state index contributed by atoms with van der Waals surface area (Å²) in [7, 11) is 0. The van der Waals surface area contributed by atoms with Crippen LogP contribution in [0, 0.1) is 0 Å². The Bertz CT molecular complexity index is 626. The average molecular weight is 335 g/mol. The molecule has 2 aromatic rings. The van der Waals surface area contributed by atoms with Gasteiger partial charge in [0.05, 0.1) is 0 Å². The molecule has 0 spiro atoms. The van der Waals surface area contributed by atoms with Gasteiger partial charge in [-0.1, -0.05) is 28.1 Å². The number of fused-ring (bicyclic) bond motifs is 1. The Hall–Kier alpha value is -1.69. The van der Waals surface area contributed by atoms with E-state index in [4.69, 9.17) is 0 Å². The largest absolute Gasteiger partial charge is 0.336 e. The Morgan fingerprint density at radius 2 is 2.30 bits per heavy atom. The highest BCUT2D eigenvalue weighted by Crippen LogP contribution is 2.27. The van der Waals surface area contributed by atoms with E-state index in [0.29, 0.717) is 6.54 Å². The zero-order chi connectivity index (χ0) is 14.1. The Kier molecular flexibility index (Phi) is 3.56. The minimum atomic E-state index is -0.314. The summed E-state index contributed by atoms with van der Waals surface area (Å²) in [5.74, 6) is 0.0844. The van der Waals surface area contributed by atoms with Gasteiger partial charge >= 0.3 is 0 Å². The van der Waals surface area contributed by atoms with Crippen LogP contribution in [0.15, 0.2) is 35.3 Å². The lowest BCUT2D eigenvalue weighted by Crippen LogP contribution is -2.40. The van der Waals surface area contributed by atoms with Gasteiger partial charge in [0.25, 0.3) is 0 Å². The molecule has 1 atom stereocenters. The van der Waals surface area contributed by atoms with Crippen molar-refractivity contribution >= 4 is 21.8 Å². The van der Waals surface area contributed by atoms with Crippen LogP contribution in [0.3, 0.4) is 0 Å². The first kappa shape index (κ1) is 13.3. The maximum absolute atomic E-state index is 12.5. The number of hydrogen-bond donors (Lipinski definition) is 0. The van der Waals surface area contributed by atoms with Crippen LogP contribution in [-0.2, 0) is 17.8 Å². The zero-order valence-electron chi connectivity index (χ0n) is 11.2. The third kappa shape index (κ3) is 2.35. The van der Waals surface area contributed by atoms with E-state index >= 15 is 0 Å². The molecule has 1 amide bonds. The van der Waals surface area contributed by atoms with Crippen molar-refractivity contribution < 1.29 is 4.79 Å². The minimum absolute atomic E-state index is 0.0844. The maximum Gasteiger partial charge on any atom is 0.247 e. The van der Waals surface area contributed by atoms with E-state index in [9.17, 15) is 4.79 Å². The summed E-state index contributed by atoms with van der Waals surface area (Å²) in [6.07, 6.45) is 3.91. The van der Waals surface area contributed by atoms with Crippen molar-refractivity contribution in [2.24, 2.45) is 0 Å². The van der Waals surface area contributed by atoms with E-state index in [1.54, 1.807) is 11.0 Å². The first-order chi connectivity index (χ1) is 9.66. The van der Waals surface area contributed by atoms with E-state index in [1.807, 2.05) is 24.0 Å². The van der Waals surface area contributed by atoms with E-state index in [1.165, 1.54) is 17.5 Å². The van der Waals surface area contributed by atoms with Crippen molar-refractivity contribution in [1.82, 2.24) is 19.7 Å². The van der Waals surface area contributed by atoms with E-state index < -0.39 is 0 Å². The number of halogens is 1. The molecule has 1 aliphatic heterocycles. The SMILES string of the molecule is C[C@@H](C(=O)N1CCc2c(Br)cccc2C1)n1cncn1. The van der Waals surface area contributed by atoms with Gasteiger partial charge in [-0.2, -0.15) is 5.10 Å². The highest BCUT2D eigenvalue weighted by molar-refractivity contribution is 9.10. The Balaban J connectivity index is 1.78. The molecule has 0 fully saturated rings. The molecule has 20 heavy (non-hydrogen) atoms. The summed E-state index contributed by atoms with van der Waals surface area (Å²) in [6.45, 7) is 3.26. The van der Waals surface area contributed by atoms with E-state index in [-0.39, 0.29) is 11.9 Å². The molecule has 0 bridgehead atoms. The number of carbonyl (C=O) groups excluding carboxylic acids is 1. The fourth-order valence-corrected chi connectivity index (χ4v) is 3.15. The second-order valence-electron chi connectivity index (χ2n) is 4.94. The number of carbonyl (C=O) groups is 1. The lowest BCUT2D eigenvalue weighted by atomic mass is 9.99. The molecule has 0 unspecified atom stereocenters. The molecule has 0 saturated heterocycles. The normalized spacial score (nSPS) is 15.8. The van der Waals surface area contributed by atoms with Crippen LogP contribution in [0.5, 0.6) is 0 Å². The van der Waals surface area contributed by atoms with E-state index in [0.717, 1.165) is 17.4 Å². The predicted molar refractivity (Wildman–Crippen MR) is 78.0 cm³/mol. The molecule has 3 rings (SSSR count). The molecule has 1 aliphatic rings. The van der Waals surface area contributed by atoms with Gasteiger partial charge in [0.1, 0.15) is 18.7 Å². The van der Waals surface area contributed by atoms with Gasteiger partial charge in [-0.25, -0.2) is 9.67 Å². The molecule has 2 heterocycles. The second-order valence-corrected chi connectivity index (χ2v) is 5.79. The molecule has 0 aliphatic carbocycles. The molecular formula is C14H15BrN4O. The van der Waals surface area contributed by atoms with Crippen LogP contribution in [0.1, 0.15) is 24.1 Å². The summed E-state index contributed by atoms with van der Waals surface area (Å²) in [5, 5.41) is 4.04. The molecule has 0 saturated carbocycles. The molecule has 104 valence electrons. The highest BCUT2D eigenvalue weighted by atomic mass is 79.9. The van der Waals surface area contributed by atoms with Gasteiger partial charge in [0, 0.05) is 17.6 Å². The molecule has 0 N–H and O–H groups in total. The Morgan fingerprint density at radius 1 is 1.45 bits per heavy atom. The predicted octanol–water partition coefficient (Wildman–Crippen LogP) is 2.19. The lowest BCUT2D eigenvalue weighted by molar-refractivity contribution is -0.135. The molecule has 1 aromatic carbocycles. The first-order valence-corrected chi connectivity index (χ1v) is 7.35. The van der Waals surface area contributed by atoms with Crippen molar-refractivity contribution in [2.75, 3.05) is 6.54 Å². The van der Waals surface area contributed by atoms with Crippen molar-refractivity contribution in [2.45, 2.75) is 25.9 Å². The van der Waals surface area contributed by atoms with Gasteiger partial charge in [-0.3, -0.25) is 4.79 Å². The number of hydrogen-bond acceptors (Lipinski definition) is 3. The van der Waals surface area contributed by atoms with Crippen LogP contribution < -0.4 is 0 Å². The van der Waals surface area contributed by atoms with Crippen LogP contribution in [0.2, 0.25) is 0 Å². The molecule has 0 radical (unpaired) electrons. The van der Waals surface area contributed by atoms with Crippen molar-refractivity contribution in [3.63, 3.8) is 0 Å². The lowest BCUT2D eigenvalue weighted by Gasteiger charge is -2.31. The van der Waals surface area contributed by atoms with E-state index in [2.05, 4.69) is 32.1 Å². The summed E-state index contributed by atoms with van der Waals surface area (Å²) >= 11 is 3.57. The summed E-state index contributed by atoms with van der Waals surface area (Å²) in [6, 6.07) is 5.83. The number of nitrogens with zero attached hydrogens (tertiary/aromatic N) is 4. The fraction of sp³-hybridized carbons (Fsp3) is 0.357. The topological polar surface area (TPSA) is 51.0 Å². The fourth-order valence-electron chi connectivity index (χ4n) is 2.55. The van der Waals surface area contributed by atoms with Gasteiger partial charge in [-0.05, 0) is 30.5 Å². The zero-order valence-corrected chi connectivity index (χ0v) is 12.7. The monoisotopic (exact) mass is 334 g/mol. The number of rotatable bonds is 2. The maximum atomic E-state index is 12.5. The third-order valence-electron chi connectivity index (χ3n) is 3.71. The van der Waals surface area contributed by atoms with Crippen LogP contribution in [0.4, 0.5) is 0 Å². The van der Waals surface area contributed by atoms with Crippen LogP contribution in [-0.4, -0.2) is 32.1 Å². The average Bonchev–Trinajstić information content (AvgIpc) is 3.00. The standard InChI is InChI=1S/C14H15BrN4O/c1-10(19-9-16-8-17-19)14(20)18-6-5-12-11(7-18)3-2-4-13(12)15/h2-4,8-10H,5-7H2,1H3/t10-/m0/s1. The number of amides is 1. The Labute approximate surface area is 125 Å². The van der Waals surface area contributed by atoms with Crippen LogP contribution >= 0.6 is 15.9 Å². The summed E-state index contributed by atoms with van der Waals surface area (Å²) < 4.78 is 2.73. The molecule has 6 heteroatoms. The minimum Gasteiger partial charge on any atom is -0.336 e. The molecule has 5 nitrogen and oxygen atoms in total. The molecular weight excluding hydrogens is 320 g/mol. The van der Waals surface area contributed by atoms with Gasteiger partial charge < -0.3 is 4.90 Å². The quantitative estimate of drug-likeness (QED) is 0.845.